The smallest absolute Gasteiger partial charge is 0.259 e. The highest BCUT2D eigenvalue weighted by atomic mass is 16.2. The first-order chi connectivity index (χ1) is 15.7. The van der Waals surface area contributed by atoms with Gasteiger partial charge in [-0.05, 0) is 48.4 Å². The number of para-hydroxylation sites is 2. The minimum absolute atomic E-state index is 0.0290. The molecule has 0 bridgehead atoms. The van der Waals surface area contributed by atoms with Gasteiger partial charge in [0, 0.05) is 11.3 Å². The quantitative estimate of drug-likeness (QED) is 0.396. The maximum atomic E-state index is 13.9. The van der Waals surface area contributed by atoms with Crippen molar-refractivity contribution in [3.63, 3.8) is 0 Å². The summed E-state index contributed by atoms with van der Waals surface area (Å²) in [5.74, 6) is -0.0290. The van der Waals surface area contributed by atoms with E-state index in [1.807, 2.05) is 96.8 Å². The highest BCUT2D eigenvalue weighted by Crippen LogP contribution is 2.40. The van der Waals surface area contributed by atoms with Crippen molar-refractivity contribution in [3.8, 4) is 0 Å². The first kappa shape index (κ1) is 19.8. The summed E-state index contributed by atoms with van der Waals surface area (Å²) in [5.41, 5.74) is 6.67. The van der Waals surface area contributed by atoms with Gasteiger partial charge < -0.3 is 5.32 Å². The average Bonchev–Trinajstić information content (AvgIpc) is 3.02. The summed E-state index contributed by atoms with van der Waals surface area (Å²) in [6.07, 6.45) is 2.15. The molecule has 0 aromatic heterocycles. The van der Waals surface area contributed by atoms with Gasteiger partial charge in [-0.1, -0.05) is 90.5 Å². The van der Waals surface area contributed by atoms with E-state index < -0.39 is 0 Å². The minimum Gasteiger partial charge on any atom is -0.354 e. The van der Waals surface area contributed by atoms with E-state index in [1.54, 1.807) is 0 Å². The molecule has 1 amide bonds. The van der Waals surface area contributed by atoms with Crippen LogP contribution in [0.2, 0.25) is 0 Å². The fraction of sp³-hybridized carbons (Fsp3) is 0.0690. The van der Waals surface area contributed by atoms with Gasteiger partial charge in [0.15, 0.2) is 0 Å². The second-order valence-electron chi connectivity index (χ2n) is 7.99. The molecule has 1 aliphatic rings. The summed E-state index contributed by atoms with van der Waals surface area (Å²) >= 11 is 0. The summed E-state index contributed by atoms with van der Waals surface area (Å²) in [7, 11) is 0. The fourth-order valence-electron chi connectivity index (χ4n) is 4.11. The Morgan fingerprint density at radius 3 is 2.09 bits per heavy atom. The Kier molecular flexibility index (Phi) is 5.30. The second-order valence-corrected chi connectivity index (χ2v) is 7.99. The Balaban J connectivity index is 1.72. The lowest BCUT2D eigenvalue weighted by molar-refractivity contribution is 0.0981. The molecule has 0 fully saturated rings. The van der Waals surface area contributed by atoms with Gasteiger partial charge in [0.25, 0.3) is 5.91 Å². The van der Waals surface area contributed by atoms with Crippen molar-refractivity contribution >= 4 is 23.0 Å². The third-order valence-corrected chi connectivity index (χ3v) is 5.78. The second kappa shape index (κ2) is 8.56. The summed E-state index contributed by atoms with van der Waals surface area (Å²) in [4.78, 5) is 15.8. The number of amides is 1. The SMILES string of the molecule is Cc1ccc(C(=O)N2c3ccccc3NC(c3ccccc3)=CC2c2ccccc2)cc1. The van der Waals surface area contributed by atoms with Crippen LogP contribution in [0.25, 0.3) is 5.70 Å². The predicted octanol–water partition coefficient (Wildman–Crippen LogP) is 6.85. The average molecular weight is 417 g/mol. The molecule has 32 heavy (non-hydrogen) atoms. The van der Waals surface area contributed by atoms with Crippen LogP contribution in [0.3, 0.4) is 0 Å². The number of rotatable bonds is 3. The van der Waals surface area contributed by atoms with Gasteiger partial charge in [-0.15, -0.1) is 0 Å². The first-order valence-electron chi connectivity index (χ1n) is 10.8. The van der Waals surface area contributed by atoms with Crippen molar-refractivity contribution in [2.75, 3.05) is 10.2 Å². The summed E-state index contributed by atoms with van der Waals surface area (Å²) in [6, 6.07) is 35.9. The number of hydrogen-bond acceptors (Lipinski definition) is 2. The van der Waals surface area contributed by atoms with Gasteiger partial charge in [0.1, 0.15) is 0 Å². The lowest BCUT2D eigenvalue weighted by Gasteiger charge is -2.30. The van der Waals surface area contributed by atoms with E-state index in [9.17, 15) is 4.79 Å². The number of aryl methyl sites for hydroxylation is 1. The number of nitrogens with one attached hydrogen (secondary N) is 1. The number of anilines is 2. The van der Waals surface area contributed by atoms with E-state index in [0.717, 1.165) is 33.8 Å². The Morgan fingerprint density at radius 1 is 0.750 bits per heavy atom. The van der Waals surface area contributed by atoms with Crippen LogP contribution in [0.5, 0.6) is 0 Å². The molecule has 1 atom stereocenters. The van der Waals surface area contributed by atoms with Crippen molar-refractivity contribution in [2.24, 2.45) is 0 Å². The third-order valence-electron chi connectivity index (χ3n) is 5.78. The molecule has 3 nitrogen and oxygen atoms in total. The molecule has 4 aromatic rings. The van der Waals surface area contributed by atoms with Crippen LogP contribution in [0, 0.1) is 6.92 Å². The molecular weight excluding hydrogens is 392 g/mol. The van der Waals surface area contributed by atoms with E-state index >= 15 is 0 Å². The molecule has 0 saturated heterocycles. The summed E-state index contributed by atoms with van der Waals surface area (Å²) in [6.45, 7) is 2.03. The van der Waals surface area contributed by atoms with Gasteiger partial charge >= 0.3 is 0 Å². The van der Waals surface area contributed by atoms with Crippen molar-refractivity contribution in [2.45, 2.75) is 13.0 Å². The molecule has 5 rings (SSSR count). The van der Waals surface area contributed by atoms with Crippen molar-refractivity contribution in [1.29, 1.82) is 0 Å². The zero-order chi connectivity index (χ0) is 21.9. The van der Waals surface area contributed by atoms with E-state index in [2.05, 4.69) is 35.7 Å². The fourth-order valence-corrected chi connectivity index (χ4v) is 4.11. The molecule has 4 aromatic carbocycles. The molecule has 156 valence electrons. The van der Waals surface area contributed by atoms with Crippen LogP contribution in [0.15, 0.2) is 115 Å². The Hall–Kier alpha value is -4.11. The molecule has 0 saturated carbocycles. The monoisotopic (exact) mass is 416 g/mol. The highest BCUT2D eigenvalue weighted by Gasteiger charge is 2.31. The highest BCUT2D eigenvalue weighted by molar-refractivity contribution is 6.09. The van der Waals surface area contributed by atoms with Crippen molar-refractivity contribution in [3.05, 3.63) is 138 Å². The first-order valence-corrected chi connectivity index (χ1v) is 10.8. The summed E-state index contributed by atoms with van der Waals surface area (Å²) in [5, 5.41) is 3.59. The minimum atomic E-state index is -0.267. The zero-order valence-electron chi connectivity index (χ0n) is 17.9. The van der Waals surface area contributed by atoms with E-state index in [4.69, 9.17) is 0 Å². The Morgan fingerprint density at radius 2 is 1.38 bits per heavy atom. The number of hydrogen-bond donors (Lipinski definition) is 1. The van der Waals surface area contributed by atoms with Gasteiger partial charge in [-0.2, -0.15) is 0 Å². The molecule has 3 heteroatoms. The maximum absolute atomic E-state index is 13.9. The molecule has 1 unspecified atom stereocenters. The maximum Gasteiger partial charge on any atom is 0.259 e. The van der Waals surface area contributed by atoms with Crippen LogP contribution in [0.1, 0.15) is 33.1 Å². The van der Waals surface area contributed by atoms with Crippen LogP contribution < -0.4 is 10.2 Å². The van der Waals surface area contributed by atoms with Gasteiger partial charge in [0.2, 0.25) is 0 Å². The van der Waals surface area contributed by atoms with Crippen LogP contribution in [-0.2, 0) is 0 Å². The topological polar surface area (TPSA) is 32.3 Å². The number of benzene rings is 4. The Labute approximate surface area is 188 Å². The van der Waals surface area contributed by atoms with Crippen LogP contribution in [0.4, 0.5) is 11.4 Å². The molecule has 0 spiro atoms. The lowest BCUT2D eigenvalue weighted by atomic mass is 10.0. The molecular formula is C29H24N2O. The summed E-state index contributed by atoms with van der Waals surface area (Å²) < 4.78 is 0. The Bertz CT molecular complexity index is 1260. The van der Waals surface area contributed by atoms with Crippen LogP contribution >= 0.6 is 0 Å². The lowest BCUT2D eigenvalue weighted by Crippen LogP contribution is -2.34. The predicted molar refractivity (Wildman–Crippen MR) is 132 cm³/mol. The molecule has 1 aliphatic heterocycles. The molecule has 0 radical (unpaired) electrons. The van der Waals surface area contributed by atoms with Gasteiger partial charge in [-0.25, -0.2) is 0 Å². The molecule has 1 heterocycles. The van der Waals surface area contributed by atoms with E-state index in [-0.39, 0.29) is 11.9 Å². The normalized spacial score (nSPS) is 15.2. The number of fused-ring (bicyclic) bond motifs is 1. The van der Waals surface area contributed by atoms with Gasteiger partial charge in [0.05, 0.1) is 17.4 Å². The zero-order valence-corrected chi connectivity index (χ0v) is 17.9. The molecule has 0 aliphatic carbocycles. The largest absolute Gasteiger partial charge is 0.354 e. The number of carbonyl (C=O) groups excluding carboxylic acids is 1. The van der Waals surface area contributed by atoms with Crippen molar-refractivity contribution < 1.29 is 4.79 Å². The standard InChI is InChI=1S/C29H24N2O/c1-21-16-18-24(19-17-21)29(32)31-27-15-9-8-14-25(27)30-26(22-10-4-2-5-11-22)20-28(31)23-12-6-3-7-13-23/h2-20,28,30H,1H3. The van der Waals surface area contributed by atoms with E-state index in [0.29, 0.717) is 5.56 Å². The van der Waals surface area contributed by atoms with Crippen molar-refractivity contribution in [1.82, 2.24) is 0 Å². The number of carbonyl (C=O) groups is 1. The van der Waals surface area contributed by atoms with Gasteiger partial charge in [-0.3, -0.25) is 9.69 Å². The number of nitrogens with zero attached hydrogens (tertiary/aromatic N) is 1. The van der Waals surface area contributed by atoms with E-state index in [1.165, 1.54) is 0 Å². The molecule has 1 N–H and O–H groups in total. The third kappa shape index (κ3) is 3.81. The van der Waals surface area contributed by atoms with Crippen LogP contribution in [-0.4, -0.2) is 5.91 Å².